The Hall–Kier alpha value is -9.58. The summed E-state index contributed by atoms with van der Waals surface area (Å²) < 4.78 is 328. The first kappa shape index (κ1) is 29.9. The molecule has 0 fully saturated rings. The predicted octanol–water partition coefficient (Wildman–Crippen LogP) is 21.5. The van der Waals surface area contributed by atoms with Crippen LogP contribution < -0.4 is 9.30 Å². The van der Waals surface area contributed by atoms with Crippen LogP contribution >= 0.6 is 0 Å². The average molecular weight is 1180 g/mol. The van der Waals surface area contributed by atoms with Crippen LogP contribution in [0, 0.1) is 20.0 Å². The number of benzene rings is 10. The van der Waals surface area contributed by atoms with E-state index in [4.69, 9.17) is 34.4 Å². The fraction of sp³-hybridized carbons (Fsp3) is 0.205. The van der Waals surface area contributed by atoms with Crippen LogP contribution in [0.3, 0.4) is 0 Å². The van der Waals surface area contributed by atoms with Gasteiger partial charge in [-0.15, -0.1) is 0 Å². The minimum atomic E-state index is -4.03. The summed E-state index contributed by atoms with van der Waals surface area (Å²) in [5.74, 6) is 1.01. The first-order valence-electron chi connectivity index (χ1n) is 45.3. The van der Waals surface area contributed by atoms with E-state index in [9.17, 15) is 21.9 Å². The van der Waals surface area contributed by atoms with Crippen molar-refractivity contribution in [3.63, 3.8) is 0 Å². The monoisotopic (exact) mass is 1180 g/mol. The zero-order chi connectivity index (χ0) is 89.9. The van der Waals surface area contributed by atoms with E-state index in [1.807, 2.05) is 53.1 Å². The Bertz CT molecular complexity index is 6380. The molecule has 0 aliphatic heterocycles. The van der Waals surface area contributed by atoms with E-state index >= 15 is 0 Å². The quantitative estimate of drug-likeness (QED) is 0.101. The zero-order valence-corrected chi connectivity index (χ0v) is 48.6. The van der Waals surface area contributed by atoms with Crippen LogP contribution in [-0.4, -0.2) is 14.1 Å². The number of ether oxygens (including phenoxy) is 1. The summed E-state index contributed by atoms with van der Waals surface area (Å²) in [7, 11) is 0. The zero-order valence-electron chi connectivity index (χ0n) is 82.6. The third-order valence-electron chi connectivity index (χ3n) is 16.0. The van der Waals surface area contributed by atoms with Gasteiger partial charge in [0.25, 0.3) is 6.33 Å². The van der Waals surface area contributed by atoms with Gasteiger partial charge >= 0.3 is 0 Å². The van der Waals surface area contributed by atoms with E-state index in [-0.39, 0.29) is 50.3 Å². The van der Waals surface area contributed by atoms with Crippen molar-refractivity contribution < 1.29 is 55.9 Å². The number of imidazole rings is 1. The maximum Gasteiger partial charge on any atom is 0.269 e. The Morgan fingerprint density at radius 1 is 0.523 bits per heavy atom. The second-order valence-electron chi connectivity index (χ2n) is 24.1. The fourth-order valence-electron chi connectivity index (χ4n) is 11.6. The molecule has 0 N–H and O–H groups in total. The molecule has 0 amide bonds. The number of para-hydroxylation sites is 1. The van der Waals surface area contributed by atoms with Crippen molar-refractivity contribution in [1.29, 1.82) is 0 Å². The van der Waals surface area contributed by atoms with Gasteiger partial charge in [0.1, 0.15) is 17.3 Å². The van der Waals surface area contributed by atoms with Crippen molar-refractivity contribution >= 4 is 32.8 Å². The molecule has 0 atom stereocenters. The summed E-state index contributed by atoms with van der Waals surface area (Å²) in [6, 6.07) is 16.3. The largest absolute Gasteiger partial charge is 0.458 e. The van der Waals surface area contributed by atoms with E-state index in [1.165, 1.54) is 59.2 Å². The maximum absolute atomic E-state index is 10.7. The number of fused-ring (bicyclic) bond motifs is 5. The van der Waals surface area contributed by atoms with Crippen LogP contribution in [0.15, 0.2) is 230 Å². The number of pyridine rings is 1. The lowest BCUT2D eigenvalue weighted by atomic mass is 9.80. The lowest BCUT2D eigenvalue weighted by Crippen LogP contribution is -2.32. The van der Waals surface area contributed by atoms with E-state index < -0.39 is 233 Å². The second kappa shape index (κ2) is 21.1. The molecule has 434 valence electrons. The second-order valence-corrected chi connectivity index (χ2v) is 24.1. The van der Waals surface area contributed by atoms with Gasteiger partial charge in [-0.05, 0) is 204 Å². The highest BCUT2D eigenvalue weighted by Crippen LogP contribution is 2.51. The third-order valence-corrected chi connectivity index (χ3v) is 16.0. The molecule has 3 aromatic heterocycles. The molecular formula is C83H76N4O. The van der Waals surface area contributed by atoms with Gasteiger partial charge in [-0.25, -0.2) is 4.98 Å². The van der Waals surface area contributed by atoms with Crippen LogP contribution in [0.4, 0.5) is 0 Å². The topological polar surface area (TPSA) is 35.9 Å². The SMILES string of the molecule is [2H]c1c([2H])c([2H])c(-c2c([2H])c(-c3cc(C(C)(C)C)cc(-c4c([2H])c([2H])c5c(c4[2H])C(C([2H])([2H])[2H])(C([2H])([2H])[2H])CC5(C([2H])([2H])[2H])C([2H])([2H])[2H])c3-[n+]3[c-]n(-c4cccc(Oc5ccc6c7ccccc7n(-c7cc(C(C)(C)C)ccn7)c6c5)c4)c4cc(-c5c(C([2H])([2H])[2H])cccc5C([2H])([2H])[2H])ccc43)c([2H])c(-c3c([2H])c([2H])c([2H])c([2H])c3[2H])c2[2H])c([2H])c1[2H]. The van der Waals surface area contributed by atoms with Gasteiger partial charge in [0.2, 0.25) is 0 Å². The van der Waals surface area contributed by atoms with Crippen molar-refractivity contribution in [2.24, 2.45) is 0 Å². The van der Waals surface area contributed by atoms with Crippen LogP contribution in [-0.2, 0) is 21.7 Å². The molecule has 14 rings (SSSR count). The van der Waals surface area contributed by atoms with Gasteiger partial charge < -0.3 is 4.74 Å². The van der Waals surface area contributed by atoms with E-state index in [2.05, 4.69) is 27.1 Å². The van der Waals surface area contributed by atoms with Gasteiger partial charge in [-0.3, -0.25) is 13.7 Å². The molecule has 0 saturated heterocycles. The van der Waals surface area contributed by atoms with Crippen molar-refractivity contribution in [3.8, 4) is 84.3 Å². The van der Waals surface area contributed by atoms with Crippen LogP contribution in [0.2, 0.25) is 0 Å². The van der Waals surface area contributed by atoms with Crippen LogP contribution in [0.1, 0.15) is 155 Å². The van der Waals surface area contributed by atoms with Gasteiger partial charge in [0.15, 0.2) is 0 Å². The number of nitrogens with zero attached hydrogens (tertiary/aromatic N) is 4. The molecule has 5 nitrogen and oxygen atoms in total. The predicted molar refractivity (Wildman–Crippen MR) is 367 cm³/mol. The summed E-state index contributed by atoms with van der Waals surface area (Å²) in [5.41, 5.74) is -17.6. The molecular weight excluding hydrogens is 1070 g/mol. The molecule has 0 spiro atoms. The molecule has 5 heteroatoms. The minimum absolute atomic E-state index is 0.0139. The standard InChI is InChI=1S/C83H76N4O/c1-53-23-21-24-54(2)78(53)58-34-38-74-76(45-58)85(64-29-22-30-65(49-64)88-66-35-36-68-67-31-19-20-32-73(67)87(75(68)50-66)77-48-62(39-40-84-77)80(3,4)5)52-86(74)79-69(57-33-37-71-72(44-57)83(11,12)51-82(71,9)10)46-63(81(6,7)8)47-70(79)61-42-59(55-25-15-13-16-26-55)41-60(43-61)56-27-17-14-18-28-56/h13-50H,51H2,1-12H3/i1D3,2D3,9D3,10D3,11D3,12D3,13D,14D,15D,16D,17D,18D,25D,26D,27D,28D,33D,37D,41D,42D,43D,44D. The number of hydrogen-bond acceptors (Lipinski definition) is 2. The molecule has 3 heterocycles. The van der Waals surface area contributed by atoms with Gasteiger partial charge in [0.05, 0.1) is 55.4 Å². The molecule has 1 aliphatic carbocycles. The smallest absolute Gasteiger partial charge is 0.269 e. The number of rotatable bonds is 10. The third kappa shape index (κ3) is 10.0. The van der Waals surface area contributed by atoms with Gasteiger partial charge in [0, 0.05) is 47.7 Å². The molecule has 88 heavy (non-hydrogen) atoms. The Morgan fingerprint density at radius 2 is 1.17 bits per heavy atom. The number of aryl methyl sites for hydroxylation is 2. The van der Waals surface area contributed by atoms with Crippen molar-refractivity contribution in [2.45, 2.75) is 111 Å². The Balaban J connectivity index is 1.20. The lowest BCUT2D eigenvalue weighted by Gasteiger charge is -2.26. The van der Waals surface area contributed by atoms with E-state index in [0.717, 1.165) is 26.4 Å². The number of aromatic nitrogens is 4. The summed E-state index contributed by atoms with van der Waals surface area (Å²) in [6.45, 7) is -10.9. The van der Waals surface area contributed by atoms with Crippen LogP contribution in [0.25, 0.3) is 106 Å². The highest BCUT2D eigenvalue weighted by Gasteiger charge is 2.42. The molecule has 10 aromatic carbocycles. The Labute approximate surface area is 567 Å². The molecule has 13 aromatic rings. The van der Waals surface area contributed by atoms with E-state index in [1.54, 1.807) is 51.2 Å². The fourth-order valence-corrected chi connectivity index (χ4v) is 11.6. The molecule has 0 bridgehead atoms. The lowest BCUT2D eigenvalue weighted by molar-refractivity contribution is -0.571. The average Bonchev–Trinajstić information content (AvgIpc) is 1.49. The first-order chi connectivity index (χ1) is 56.3. The Kier molecular flexibility index (Phi) is 7.16. The van der Waals surface area contributed by atoms with Crippen molar-refractivity contribution in [3.05, 3.63) is 270 Å². The normalized spacial score (nSPS) is 20.2. The van der Waals surface area contributed by atoms with Crippen molar-refractivity contribution in [1.82, 2.24) is 14.1 Å². The van der Waals surface area contributed by atoms with Gasteiger partial charge in [-0.2, -0.15) is 0 Å². The van der Waals surface area contributed by atoms with Gasteiger partial charge in [-0.1, -0.05) is 214 Å². The first-order valence-corrected chi connectivity index (χ1v) is 28.3. The molecule has 0 unspecified atom stereocenters. The molecule has 0 saturated carbocycles. The van der Waals surface area contributed by atoms with Crippen LogP contribution in [0.5, 0.6) is 11.5 Å². The summed E-state index contributed by atoms with van der Waals surface area (Å²) >= 11 is 0. The molecule has 1 aliphatic rings. The number of hydrogen-bond donors (Lipinski definition) is 0. The Morgan fingerprint density at radius 3 is 1.86 bits per heavy atom. The van der Waals surface area contributed by atoms with Crippen molar-refractivity contribution in [2.75, 3.05) is 0 Å². The maximum atomic E-state index is 10.7. The highest BCUT2D eigenvalue weighted by atomic mass is 16.5. The summed E-state index contributed by atoms with van der Waals surface area (Å²) in [5, 5.41) is 1.72. The highest BCUT2D eigenvalue weighted by molar-refractivity contribution is 6.09. The summed E-state index contributed by atoms with van der Waals surface area (Å²) in [6.07, 6.45) is 3.22. The van der Waals surface area contributed by atoms with E-state index in [0.29, 0.717) is 11.3 Å². The minimum Gasteiger partial charge on any atom is -0.458 e. The summed E-state index contributed by atoms with van der Waals surface area (Å²) in [4.78, 5) is 4.83. The molecule has 0 radical (unpaired) electrons.